The van der Waals surface area contributed by atoms with Gasteiger partial charge in [-0.1, -0.05) is 88.6 Å². The minimum atomic E-state index is -1.29. The van der Waals surface area contributed by atoms with Gasteiger partial charge in [-0.25, -0.2) is 4.79 Å². The Morgan fingerprint density at radius 3 is 2.16 bits per heavy atom. The molecule has 0 bridgehead atoms. The molecule has 1 unspecified atom stereocenters. The number of aliphatic carboxylic acids is 1. The van der Waals surface area contributed by atoms with Gasteiger partial charge < -0.3 is 19.7 Å². The largest absolute Gasteiger partial charge is 0.549 e. The molecule has 0 aliphatic rings. The van der Waals surface area contributed by atoms with E-state index in [1.54, 1.807) is 31.2 Å². The van der Waals surface area contributed by atoms with E-state index in [1.807, 2.05) is 6.07 Å². The van der Waals surface area contributed by atoms with Gasteiger partial charge in [-0.2, -0.15) is 0 Å². The van der Waals surface area contributed by atoms with Crippen molar-refractivity contribution in [3.8, 4) is 11.6 Å². The highest BCUT2D eigenvalue weighted by molar-refractivity contribution is 5.95. The molecule has 0 spiro atoms. The van der Waals surface area contributed by atoms with Crippen LogP contribution >= 0.6 is 0 Å². The number of carboxylic acids is 1. The molecule has 0 radical (unpaired) electrons. The minimum Gasteiger partial charge on any atom is -0.549 e. The maximum absolute atomic E-state index is 12.6. The Balaban J connectivity index is 1.94. The fourth-order valence-corrected chi connectivity index (χ4v) is 4.54. The highest BCUT2D eigenvalue weighted by atomic mass is 16.5. The van der Waals surface area contributed by atoms with Crippen LogP contribution < -0.4 is 9.79 Å². The summed E-state index contributed by atoms with van der Waals surface area (Å²) < 4.78 is 6.46. The summed E-state index contributed by atoms with van der Waals surface area (Å²) in [5, 5.41) is 26.9. The van der Waals surface area contributed by atoms with Gasteiger partial charge in [-0.15, -0.1) is 0 Å². The first-order chi connectivity index (χ1) is 18.5. The van der Waals surface area contributed by atoms with Crippen molar-refractivity contribution in [2.24, 2.45) is 0 Å². The van der Waals surface area contributed by atoms with Crippen molar-refractivity contribution in [1.29, 1.82) is 0 Å². The van der Waals surface area contributed by atoms with Crippen molar-refractivity contribution >= 4 is 11.9 Å². The Labute approximate surface area is 227 Å². The molecule has 0 aliphatic carbocycles. The van der Waals surface area contributed by atoms with E-state index in [4.69, 9.17) is 4.74 Å². The van der Waals surface area contributed by atoms with Crippen LogP contribution in [-0.2, 0) is 9.53 Å². The minimum absolute atomic E-state index is 0.0920. The van der Waals surface area contributed by atoms with E-state index in [9.17, 15) is 19.8 Å². The van der Waals surface area contributed by atoms with Gasteiger partial charge in [0.2, 0.25) is 11.9 Å². The summed E-state index contributed by atoms with van der Waals surface area (Å²) in [6.45, 7) is 3.98. The summed E-state index contributed by atoms with van der Waals surface area (Å²) in [5.74, 6) is -3.73. The maximum Gasteiger partial charge on any atom is 0.344 e. The van der Waals surface area contributed by atoms with Gasteiger partial charge >= 0.3 is 5.97 Å². The van der Waals surface area contributed by atoms with Crippen LogP contribution in [0.5, 0.6) is 5.88 Å². The lowest BCUT2D eigenvalue weighted by Crippen LogP contribution is -2.39. The number of aromatic hydroxyl groups is 1. The van der Waals surface area contributed by atoms with E-state index in [0.717, 1.165) is 32.1 Å². The van der Waals surface area contributed by atoms with Crippen molar-refractivity contribution < 1.29 is 29.2 Å². The lowest BCUT2D eigenvalue weighted by atomic mass is 9.91. The van der Waals surface area contributed by atoms with E-state index in [0.29, 0.717) is 18.5 Å². The highest BCUT2D eigenvalue weighted by Crippen LogP contribution is 2.29. The lowest BCUT2D eigenvalue weighted by Gasteiger charge is -2.19. The van der Waals surface area contributed by atoms with Crippen LogP contribution in [0.1, 0.15) is 119 Å². The number of ether oxygens (including phenoxy) is 1. The Hall–Kier alpha value is -3.22. The number of allylic oxidation sites excluding steroid dienone is 2. The number of rotatable bonds is 19. The number of para-hydroxylation sites is 1. The zero-order valence-electron chi connectivity index (χ0n) is 23.1. The summed E-state index contributed by atoms with van der Waals surface area (Å²) in [6.07, 6.45) is 19.9. The van der Waals surface area contributed by atoms with Crippen molar-refractivity contribution in [3.05, 3.63) is 59.8 Å². The quantitative estimate of drug-likeness (QED) is 0.109. The van der Waals surface area contributed by atoms with Crippen molar-refractivity contribution in [1.82, 2.24) is 5.10 Å². The van der Waals surface area contributed by atoms with E-state index >= 15 is 0 Å². The fourth-order valence-electron chi connectivity index (χ4n) is 4.54. The van der Waals surface area contributed by atoms with Gasteiger partial charge in [0.1, 0.15) is 5.56 Å². The van der Waals surface area contributed by atoms with Gasteiger partial charge in [0.25, 0.3) is 5.88 Å². The first-order valence-corrected chi connectivity index (χ1v) is 14.2. The SMILES string of the molecule is CCCCCCCC/C=C\CCCCCCC(C(=O)[O-])c1c[n+](-c2ccccc2)nc(O)c1C(=O)OCC. The van der Waals surface area contributed by atoms with E-state index in [-0.39, 0.29) is 17.7 Å². The molecule has 1 N–H and O–H groups in total. The molecule has 7 nitrogen and oxygen atoms in total. The molecule has 0 saturated heterocycles. The zero-order valence-corrected chi connectivity index (χ0v) is 23.1. The predicted octanol–water partition coefficient (Wildman–Crippen LogP) is 5.72. The smallest absolute Gasteiger partial charge is 0.344 e. The van der Waals surface area contributed by atoms with Crippen LogP contribution in [-0.4, -0.2) is 28.8 Å². The Bertz CT molecular complexity index is 1010. The fraction of sp³-hybridized carbons (Fsp3) is 0.548. The number of hydrogen-bond donors (Lipinski definition) is 1. The Morgan fingerprint density at radius 2 is 1.55 bits per heavy atom. The van der Waals surface area contributed by atoms with Crippen molar-refractivity contribution in [3.63, 3.8) is 0 Å². The van der Waals surface area contributed by atoms with Crippen LogP contribution in [0.2, 0.25) is 0 Å². The third-order valence-electron chi connectivity index (χ3n) is 6.64. The molecule has 38 heavy (non-hydrogen) atoms. The second-order valence-corrected chi connectivity index (χ2v) is 9.67. The van der Waals surface area contributed by atoms with Crippen molar-refractivity contribution in [2.45, 2.75) is 103 Å². The summed E-state index contributed by atoms with van der Waals surface area (Å²) in [7, 11) is 0. The third-order valence-corrected chi connectivity index (χ3v) is 6.64. The second kappa shape index (κ2) is 18.1. The molecular formula is C31H44N2O5. The first kappa shape index (κ1) is 31.0. The van der Waals surface area contributed by atoms with E-state index in [1.165, 1.54) is 49.4 Å². The Kier molecular flexibility index (Phi) is 14.8. The molecule has 1 aromatic carbocycles. The molecule has 1 aromatic heterocycles. The van der Waals surface area contributed by atoms with Crippen LogP contribution in [0.4, 0.5) is 0 Å². The van der Waals surface area contributed by atoms with Gasteiger partial charge in [-0.3, -0.25) is 0 Å². The molecule has 2 rings (SSSR count). The number of carboxylic acid groups (broad SMARTS) is 1. The molecule has 0 aliphatic heterocycles. The monoisotopic (exact) mass is 524 g/mol. The number of carbonyl (C=O) groups is 2. The predicted molar refractivity (Wildman–Crippen MR) is 146 cm³/mol. The maximum atomic E-state index is 12.6. The molecule has 2 aromatic rings. The Morgan fingerprint density at radius 1 is 0.947 bits per heavy atom. The molecule has 1 atom stereocenters. The summed E-state index contributed by atoms with van der Waals surface area (Å²) in [5.41, 5.74) is 0.558. The van der Waals surface area contributed by atoms with E-state index in [2.05, 4.69) is 24.2 Å². The standard InChI is InChI=1S/C31H44N2O5/c1-3-5-6-7-8-9-10-11-12-13-14-15-16-20-23-26(30(35)36)27-24-33(25-21-18-17-19-22-25)32-29(34)28(27)31(37)38-4-2/h11-12,17-19,21-22,24,26H,3-10,13-16,20,23H2,1-2H3,(H-,32,34,35,36,37)/b12-11-. The average molecular weight is 525 g/mol. The van der Waals surface area contributed by atoms with Gasteiger partial charge in [0.15, 0.2) is 0 Å². The third kappa shape index (κ3) is 10.6. The summed E-state index contributed by atoms with van der Waals surface area (Å²) in [4.78, 5) is 24.8. The number of unbranched alkanes of at least 4 members (excludes halogenated alkanes) is 10. The van der Waals surface area contributed by atoms with Crippen LogP contribution in [0, 0.1) is 0 Å². The molecule has 208 valence electrons. The second-order valence-electron chi connectivity index (χ2n) is 9.67. The number of hydrogen-bond acceptors (Lipinski definition) is 6. The zero-order chi connectivity index (χ0) is 27.6. The number of aromatic nitrogens is 2. The first-order valence-electron chi connectivity index (χ1n) is 14.2. The number of nitrogens with zero attached hydrogens (tertiary/aromatic N) is 2. The van der Waals surface area contributed by atoms with Crippen LogP contribution in [0.3, 0.4) is 0 Å². The van der Waals surface area contributed by atoms with Crippen LogP contribution in [0.25, 0.3) is 5.69 Å². The number of carbonyl (C=O) groups excluding carboxylic acids is 2. The van der Waals surface area contributed by atoms with E-state index < -0.39 is 23.7 Å². The normalized spacial score (nSPS) is 12.1. The lowest BCUT2D eigenvalue weighted by molar-refractivity contribution is -0.661. The van der Waals surface area contributed by atoms with Gasteiger partial charge in [0, 0.05) is 34.7 Å². The summed E-state index contributed by atoms with van der Waals surface area (Å²) in [6, 6.07) is 9.00. The van der Waals surface area contributed by atoms with Crippen molar-refractivity contribution in [2.75, 3.05) is 6.61 Å². The molecule has 0 fully saturated rings. The van der Waals surface area contributed by atoms with Gasteiger partial charge in [0.05, 0.1) is 6.61 Å². The molecule has 0 amide bonds. The molecule has 7 heteroatoms. The summed E-state index contributed by atoms with van der Waals surface area (Å²) >= 11 is 0. The van der Waals surface area contributed by atoms with Gasteiger partial charge in [-0.05, 0) is 43.7 Å². The van der Waals surface area contributed by atoms with Crippen LogP contribution in [0.15, 0.2) is 48.7 Å². The highest BCUT2D eigenvalue weighted by Gasteiger charge is 2.30. The molecule has 1 heterocycles. The average Bonchev–Trinajstić information content (AvgIpc) is 2.91. The number of benzene rings is 1. The molecular weight excluding hydrogens is 480 g/mol. The molecule has 0 saturated carbocycles. The topological polar surface area (TPSA) is 103 Å². The number of esters is 1.